The number of carbonyl (C=O) groups excluding carboxylic acids is 2. The highest BCUT2D eigenvalue weighted by Crippen LogP contribution is 2.13. The molecule has 0 saturated carbocycles. The first-order valence-corrected chi connectivity index (χ1v) is 4.49. The molecule has 0 unspecified atom stereocenters. The summed E-state index contributed by atoms with van der Waals surface area (Å²) >= 11 is 0. The van der Waals surface area contributed by atoms with Crippen molar-refractivity contribution < 1.29 is 19.1 Å². The first-order chi connectivity index (χ1) is 7.14. The van der Waals surface area contributed by atoms with Gasteiger partial charge in [-0.2, -0.15) is 0 Å². The molecule has 2 N–H and O–H groups in total. The van der Waals surface area contributed by atoms with Gasteiger partial charge < -0.3 is 20.1 Å². The van der Waals surface area contributed by atoms with Gasteiger partial charge in [0.25, 0.3) is 0 Å². The van der Waals surface area contributed by atoms with Gasteiger partial charge in [-0.3, -0.25) is 0 Å². The fraction of sp³-hybridized carbons (Fsp3) is 0.556. The molecule has 1 fully saturated rings. The minimum absolute atomic E-state index is 0.108. The molecule has 1 rings (SSSR count). The molecule has 6 nitrogen and oxygen atoms in total. The van der Waals surface area contributed by atoms with Crippen LogP contribution in [0.1, 0.15) is 0 Å². The minimum Gasteiger partial charge on any atom is -0.467 e. The number of hydrogen-bond acceptors (Lipinski definition) is 5. The van der Waals surface area contributed by atoms with Crippen molar-refractivity contribution in [3.05, 3.63) is 12.7 Å². The number of carbonyl (C=O) groups is 2. The van der Waals surface area contributed by atoms with Crippen LogP contribution in [0.2, 0.25) is 0 Å². The molecule has 0 spiro atoms. The van der Waals surface area contributed by atoms with Gasteiger partial charge in [0, 0.05) is 13.1 Å². The molecule has 1 heterocycles. The Morgan fingerprint density at radius 3 is 2.67 bits per heavy atom. The molecule has 0 atom stereocenters. The number of ether oxygens (including phenoxy) is 2. The van der Waals surface area contributed by atoms with Crippen LogP contribution in [-0.4, -0.2) is 44.4 Å². The Labute approximate surface area is 87.6 Å². The Morgan fingerprint density at radius 1 is 1.60 bits per heavy atom. The van der Waals surface area contributed by atoms with Crippen molar-refractivity contribution in [1.29, 1.82) is 0 Å². The zero-order chi connectivity index (χ0) is 11.3. The molecule has 1 saturated heterocycles. The maximum absolute atomic E-state index is 11.4. The molecule has 6 heteroatoms. The Balaban J connectivity index is 2.49. The van der Waals surface area contributed by atoms with Crippen LogP contribution in [0.4, 0.5) is 4.79 Å². The molecule has 1 amide bonds. The van der Waals surface area contributed by atoms with Crippen molar-refractivity contribution in [3.8, 4) is 0 Å². The van der Waals surface area contributed by atoms with Crippen LogP contribution in [0.25, 0.3) is 0 Å². The molecule has 15 heavy (non-hydrogen) atoms. The van der Waals surface area contributed by atoms with Crippen LogP contribution in [0.15, 0.2) is 12.7 Å². The predicted molar refractivity (Wildman–Crippen MR) is 52.3 cm³/mol. The number of methoxy groups -OCH3 is 1. The second kappa shape index (κ2) is 4.79. The quantitative estimate of drug-likeness (QED) is 0.483. The molecular formula is C9H14N2O4. The van der Waals surface area contributed by atoms with E-state index in [1.807, 2.05) is 0 Å². The van der Waals surface area contributed by atoms with Crippen molar-refractivity contribution in [3.63, 3.8) is 0 Å². The Bertz CT molecular complexity index is 273. The summed E-state index contributed by atoms with van der Waals surface area (Å²) in [4.78, 5) is 22.6. The number of amides is 1. The Hall–Kier alpha value is -1.56. The lowest BCUT2D eigenvalue weighted by molar-refractivity contribution is -0.150. The van der Waals surface area contributed by atoms with E-state index >= 15 is 0 Å². The second-order valence-corrected chi connectivity index (χ2v) is 3.19. The summed E-state index contributed by atoms with van der Waals surface area (Å²) in [6.07, 6.45) is 0.797. The molecule has 0 aromatic carbocycles. The van der Waals surface area contributed by atoms with Crippen LogP contribution in [-0.2, 0) is 14.3 Å². The molecule has 1 aliphatic heterocycles. The topological polar surface area (TPSA) is 76.7 Å². The zero-order valence-electron chi connectivity index (χ0n) is 8.54. The highest BCUT2D eigenvalue weighted by atomic mass is 16.6. The summed E-state index contributed by atoms with van der Waals surface area (Å²) < 4.78 is 9.31. The molecule has 0 aromatic rings. The third kappa shape index (κ3) is 2.47. The van der Waals surface area contributed by atoms with Crippen molar-refractivity contribution in [2.24, 2.45) is 0 Å². The highest BCUT2D eigenvalue weighted by molar-refractivity contribution is 5.87. The van der Waals surface area contributed by atoms with E-state index in [9.17, 15) is 9.59 Å². The zero-order valence-corrected chi connectivity index (χ0v) is 8.54. The third-order valence-corrected chi connectivity index (χ3v) is 2.10. The molecule has 0 bridgehead atoms. The maximum Gasteiger partial charge on any atom is 0.408 e. The molecule has 1 aliphatic rings. The molecule has 84 valence electrons. The van der Waals surface area contributed by atoms with Crippen molar-refractivity contribution in [1.82, 2.24) is 10.6 Å². The average molecular weight is 214 g/mol. The maximum atomic E-state index is 11.4. The summed E-state index contributed by atoms with van der Waals surface area (Å²) in [6, 6.07) is 0. The number of nitrogens with one attached hydrogen (secondary N) is 2. The van der Waals surface area contributed by atoms with Crippen molar-refractivity contribution >= 4 is 12.1 Å². The molecule has 0 radical (unpaired) electrons. The van der Waals surface area contributed by atoms with E-state index in [4.69, 9.17) is 4.74 Å². The largest absolute Gasteiger partial charge is 0.467 e. The van der Waals surface area contributed by atoms with Gasteiger partial charge in [-0.25, -0.2) is 9.59 Å². The SMILES string of the molecule is C=CCOC(=O)NC1(C(=O)OC)CNC1. The van der Waals surface area contributed by atoms with Gasteiger partial charge >= 0.3 is 12.1 Å². The van der Waals surface area contributed by atoms with Gasteiger partial charge in [0.05, 0.1) is 7.11 Å². The summed E-state index contributed by atoms with van der Waals surface area (Å²) in [5.74, 6) is -0.475. The number of esters is 1. The van der Waals surface area contributed by atoms with Gasteiger partial charge in [0.2, 0.25) is 0 Å². The number of hydrogen-bond donors (Lipinski definition) is 2. The van der Waals surface area contributed by atoms with Crippen LogP contribution in [0, 0.1) is 0 Å². The Kier molecular flexibility index (Phi) is 3.68. The fourth-order valence-electron chi connectivity index (χ4n) is 1.22. The van der Waals surface area contributed by atoms with Gasteiger partial charge in [0.15, 0.2) is 5.54 Å². The van der Waals surface area contributed by atoms with Gasteiger partial charge in [-0.15, -0.1) is 0 Å². The van der Waals surface area contributed by atoms with E-state index in [0.29, 0.717) is 13.1 Å². The molecular weight excluding hydrogens is 200 g/mol. The van der Waals surface area contributed by atoms with Crippen LogP contribution >= 0.6 is 0 Å². The molecule has 0 aliphatic carbocycles. The van der Waals surface area contributed by atoms with E-state index in [-0.39, 0.29) is 6.61 Å². The summed E-state index contributed by atoms with van der Waals surface area (Å²) in [5, 5.41) is 5.36. The van der Waals surface area contributed by atoms with Gasteiger partial charge in [-0.05, 0) is 0 Å². The molecule has 0 aromatic heterocycles. The lowest BCUT2D eigenvalue weighted by Crippen LogP contribution is -2.73. The summed E-state index contributed by atoms with van der Waals surface area (Å²) in [6.45, 7) is 4.21. The van der Waals surface area contributed by atoms with Crippen LogP contribution < -0.4 is 10.6 Å². The van der Waals surface area contributed by atoms with E-state index in [1.165, 1.54) is 13.2 Å². The Morgan fingerprint density at radius 2 is 2.27 bits per heavy atom. The number of alkyl carbamates (subject to hydrolysis) is 1. The van der Waals surface area contributed by atoms with Crippen molar-refractivity contribution in [2.75, 3.05) is 26.8 Å². The van der Waals surface area contributed by atoms with Crippen LogP contribution in [0.3, 0.4) is 0 Å². The minimum atomic E-state index is -0.979. The van der Waals surface area contributed by atoms with E-state index in [2.05, 4.69) is 21.9 Å². The smallest absolute Gasteiger partial charge is 0.408 e. The summed E-state index contributed by atoms with van der Waals surface area (Å²) in [5.41, 5.74) is -0.979. The second-order valence-electron chi connectivity index (χ2n) is 3.19. The highest BCUT2D eigenvalue weighted by Gasteiger charge is 2.47. The van der Waals surface area contributed by atoms with E-state index in [1.54, 1.807) is 0 Å². The van der Waals surface area contributed by atoms with Gasteiger partial charge in [0.1, 0.15) is 6.61 Å². The number of rotatable bonds is 4. The first-order valence-electron chi connectivity index (χ1n) is 4.49. The lowest BCUT2D eigenvalue weighted by atomic mass is 9.93. The first kappa shape index (κ1) is 11.5. The fourth-order valence-corrected chi connectivity index (χ4v) is 1.22. The van der Waals surface area contributed by atoms with E-state index < -0.39 is 17.6 Å². The van der Waals surface area contributed by atoms with Gasteiger partial charge in [-0.1, -0.05) is 12.7 Å². The average Bonchev–Trinajstić information content (AvgIpc) is 2.19. The predicted octanol–water partition coefficient (Wildman–Crippen LogP) is -0.586. The standard InChI is InChI=1S/C9H14N2O4/c1-3-4-15-8(13)11-9(5-10-6-9)7(12)14-2/h3,10H,1,4-6H2,2H3,(H,11,13). The monoisotopic (exact) mass is 214 g/mol. The summed E-state index contributed by atoms with van der Waals surface area (Å²) in [7, 11) is 1.28. The third-order valence-electron chi connectivity index (χ3n) is 2.10. The van der Waals surface area contributed by atoms with Crippen LogP contribution in [0.5, 0.6) is 0 Å². The van der Waals surface area contributed by atoms with Crippen molar-refractivity contribution in [2.45, 2.75) is 5.54 Å². The normalized spacial score (nSPS) is 17.1. The van der Waals surface area contributed by atoms with E-state index in [0.717, 1.165) is 0 Å². The lowest BCUT2D eigenvalue weighted by Gasteiger charge is -2.39.